The fourth-order valence-electron chi connectivity index (χ4n) is 3.21. The van der Waals surface area contributed by atoms with Crippen molar-refractivity contribution in [3.63, 3.8) is 0 Å². The summed E-state index contributed by atoms with van der Waals surface area (Å²) in [6.45, 7) is 1.48. The highest BCUT2D eigenvalue weighted by molar-refractivity contribution is 6.30. The Kier molecular flexibility index (Phi) is 6.32. The van der Waals surface area contributed by atoms with Crippen molar-refractivity contribution in [3.8, 4) is 0 Å². The molecule has 0 atom stereocenters. The number of rotatable bonds is 5. The Hall–Kier alpha value is -3.85. The third-order valence-corrected chi connectivity index (χ3v) is 5.33. The molecule has 3 N–H and O–H groups in total. The molecule has 33 heavy (non-hydrogen) atoms. The van der Waals surface area contributed by atoms with Crippen molar-refractivity contribution in [2.75, 3.05) is 23.7 Å². The number of carbonyl (C=O) groups excluding carboxylic acids is 2. The van der Waals surface area contributed by atoms with Crippen LogP contribution in [0.5, 0.6) is 0 Å². The molecule has 0 unspecified atom stereocenters. The molecule has 168 valence electrons. The van der Waals surface area contributed by atoms with Crippen molar-refractivity contribution >= 4 is 40.8 Å². The molecular formula is C23H18ClF2N5O2. The number of hydrogen-bond acceptors (Lipinski definition) is 4. The number of nitrogens with zero attached hydrogens (tertiary/aromatic N) is 2. The molecule has 1 aromatic heterocycles. The summed E-state index contributed by atoms with van der Waals surface area (Å²) in [5.41, 5.74) is -0.0902. The molecule has 0 spiro atoms. The maximum absolute atomic E-state index is 14.7. The van der Waals surface area contributed by atoms with Crippen LogP contribution in [0.3, 0.4) is 0 Å². The molecular weight excluding hydrogens is 452 g/mol. The van der Waals surface area contributed by atoms with Crippen molar-refractivity contribution in [2.45, 2.75) is 6.42 Å². The first-order chi connectivity index (χ1) is 15.8. The van der Waals surface area contributed by atoms with Crippen molar-refractivity contribution in [2.24, 2.45) is 0 Å². The molecule has 1 fully saturated rings. The Morgan fingerprint density at radius 2 is 1.73 bits per heavy atom. The first-order valence-corrected chi connectivity index (χ1v) is 10.4. The Morgan fingerprint density at radius 1 is 0.970 bits per heavy atom. The summed E-state index contributed by atoms with van der Waals surface area (Å²) in [6, 6.07) is 10.1. The van der Waals surface area contributed by atoms with Gasteiger partial charge in [-0.15, -0.1) is 0 Å². The van der Waals surface area contributed by atoms with Crippen LogP contribution in [0.2, 0.25) is 5.02 Å². The monoisotopic (exact) mass is 469 g/mol. The Bertz CT molecular complexity index is 1250. The van der Waals surface area contributed by atoms with Crippen LogP contribution in [-0.4, -0.2) is 40.6 Å². The number of aromatic nitrogens is 1. The van der Waals surface area contributed by atoms with E-state index >= 15 is 0 Å². The summed E-state index contributed by atoms with van der Waals surface area (Å²) >= 11 is 5.78. The second-order valence-electron chi connectivity index (χ2n) is 7.34. The Labute approximate surface area is 192 Å². The highest BCUT2D eigenvalue weighted by atomic mass is 35.5. The van der Waals surface area contributed by atoms with Crippen LogP contribution in [0.1, 0.15) is 32.7 Å². The van der Waals surface area contributed by atoms with Gasteiger partial charge in [0.15, 0.2) is 0 Å². The molecule has 1 saturated heterocycles. The van der Waals surface area contributed by atoms with Gasteiger partial charge in [0.2, 0.25) is 0 Å². The van der Waals surface area contributed by atoms with Gasteiger partial charge in [-0.05, 0) is 48.9 Å². The number of likely N-dealkylation sites (tertiary alicyclic amines) is 1. The van der Waals surface area contributed by atoms with Crippen LogP contribution in [0.15, 0.2) is 54.7 Å². The van der Waals surface area contributed by atoms with Gasteiger partial charge in [-0.1, -0.05) is 17.7 Å². The summed E-state index contributed by atoms with van der Waals surface area (Å²) in [5, 5.41) is 13.4. The zero-order valence-electron chi connectivity index (χ0n) is 17.2. The fourth-order valence-corrected chi connectivity index (χ4v) is 3.32. The van der Waals surface area contributed by atoms with Crippen LogP contribution < -0.4 is 10.6 Å². The van der Waals surface area contributed by atoms with Gasteiger partial charge in [-0.25, -0.2) is 13.8 Å². The van der Waals surface area contributed by atoms with E-state index in [1.807, 2.05) is 0 Å². The highest BCUT2D eigenvalue weighted by Gasteiger charge is 2.22. The molecule has 0 saturated carbocycles. The maximum atomic E-state index is 14.7. The molecule has 2 amide bonds. The van der Waals surface area contributed by atoms with E-state index in [9.17, 15) is 18.4 Å². The van der Waals surface area contributed by atoms with E-state index in [0.717, 1.165) is 37.7 Å². The van der Waals surface area contributed by atoms with Crippen LogP contribution in [0, 0.1) is 17.0 Å². The molecule has 1 aliphatic heterocycles. The highest BCUT2D eigenvalue weighted by Crippen LogP contribution is 2.22. The lowest BCUT2D eigenvalue weighted by atomic mass is 10.1. The van der Waals surface area contributed by atoms with Crippen LogP contribution in [0.25, 0.3) is 0 Å². The quantitative estimate of drug-likeness (QED) is 0.377. The van der Waals surface area contributed by atoms with E-state index in [0.29, 0.717) is 10.6 Å². The number of benzene rings is 2. The standard InChI is InChI=1S/C23H18ClF2N5O2/c24-14-3-7-20(28-12-14)30-23(33)17-11-15(25)4-6-19(17)29-22(32)16-5-2-13(10-18(16)26)21(27)31-8-1-9-31/h2-7,10-12,27H,1,8-9H2,(H,29,32)(H,28,30,33). The molecule has 0 aliphatic carbocycles. The van der Waals surface area contributed by atoms with Gasteiger partial charge in [0.1, 0.15) is 23.3 Å². The zero-order valence-corrected chi connectivity index (χ0v) is 17.9. The van der Waals surface area contributed by atoms with Crippen LogP contribution >= 0.6 is 11.6 Å². The summed E-state index contributed by atoms with van der Waals surface area (Å²) in [7, 11) is 0. The molecule has 4 rings (SSSR count). The predicted octanol–water partition coefficient (Wildman–Crippen LogP) is 4.55. The minimum absolute atomic E-state index is 0.00957. The lowest BCUT2D eigenvalue weighted by molar-refractivity contribution is 0.102. The Morgan fingerprint density at radius 3 is 2.36 bits per heavy atom. The summed E-state index contributed by atoms with van der Waals surface area (Å²) in [5.74, 6) is -2.67. The summed E-state index contributed by atoms with van der Waals surface area (Å²) in [6.07, 6.45) is 2.31. The van der Waals surface area contributed by atoms with Gasteiger partial charge in [-0.3, -0.25) is 15.0 Å². The lowest BCUT2D eigenvalue weighted by Gasteiger charge is -2.33. The predicted molar refractivity (Wildman–Crippen MR) is 121 cm³/mol. The van der Waals surface area contributed by atoms with Crippen molar-refractivity contribution in [1.29, 1.82) is 5.41 Å². The van der Waals surface area contributed by atoms with Gasteiger partial charge < -0.3 is 15.5 Å². The number of carbonyl (C=O) groups is 2. The lowest BCUT2D eigenvalue weighted by Crippen LogP contribution is -2.42. The van der Waals surface area contributed by atoms with E-state index in [1.54, 1.807) is 4.90 Å². The van der Waals surface area contributed by atoms with Crippen LogP contribution in [-0.2, 0) is 0 Å². The van der Waals surface area contributed by atoms with Crippen molar-refractivity contribution in [1.82, 2.24) is 9.88 Å². The van der Waals surface area contributed by atoms with Crippen molar-refractivity contribution < 1.29 is 18.4 Å². The SMILES string of the molecule is N=C(c1ccc(C(=O)Nc2ccc(F)cc2C(=O)Nc2ccc(Cl)cn2)c(F)c1)N1CCC1. The minimum atomic E-state index is -0.820. The van der Waals surface area contributed by atoms with E-state index in [2.05, 4.69) is 15.6 Å². The van der Waals surface area contributed by atoms with E-state index in [1.165, 1.54) is 36.5 Å². The van der Waals surface area contributed by atoms with Gasteiger partial charge in [0, 0.05) is 24.8 Å². The summed E-state index contributed by atoms with van der Waals surface area (Å²) < 4.78 is 28.5. The van der Waals surface area contributed by atoms with Gasteiger partial charge in [-0.2, -0.15) is 0 Å². The number of hydrogen-bond donors (Lipinski definition) is 3. The number of amides is 2. The number of pyridine rings is 1. The average Bonchev–Trinajstić information content (AvgIpc) is 2.75. The molecule has 2 heterocycles. The van der Waals surface area contributed by atoms with Gasteiger partial charge in [0.25, 0.3) is 11.8 Å². The number of halogens is 3. The second-order valence-corrected chi connectivity index (χ2v) is 7.78. The van der Waals surface area contributed by atoms with Gasteiger partial charge >= 0.3 is 0 Å². The van der Waals surface area contributed by atoms with Gasteiger partial charge in [0.05, 0.1) is 21.8 Å². The number of nitrogens with one attached hydrogen (secondary N) is 3. The molecule has 2 aromatic carbocycles. The first kappa shape index (κ1) is 22.3. The molecule has 1 aliphatic rings. The van der Waals surface area contributed by atoms with E-state index < -0.39 is 23.4 Å². The maximum Gasteiger partial charge on any atom is 0.259 e. The average molecular weight is 470 g/mol. The smallest absolute Gasteiger partial charge is 0.259 e. The largest absolute Gasteiger partial charge is 0.356 e. The molecule has 7 nitrogen and oxygen atoms in total. The van der Waals surface area contributed by atoms with Crippen LogP contribution in [0.4, 0.5) is 20.3 Å². The fraction of sp³-hybridized carbons (Fsp3) is 0.130. The Balaban J connectivity index is 1.53. The number of anilines is 2. The van der Waals surface area contributed by atoms with Crippen molar-refractivity contribution in [3.05, 3.63) is 88.1 Å². The third kappa shape index (κ3) is 4.98. The van der Waals surface area contributed by atoms with E-state index in [-0.39, 0.29) is 28.5 Å². The first-order valence-electron chi connectivity index (χ1n) is 9.99. The normalized spacial score (nSPS) is 12.6. The molecule has 0 bridgehead atoms. The molecule has 10 heteroatoms. The zero-order chi connectivity index (χ0) is 23.5. The van der Waals surface area contributed by atoms with E-state index in [4.69, 9.17) is 17.0 Å². The third-order valence-electron chi connectivity index (χ3n) is 5.10. The topological polar surface area (TPSA) is 98.2 Å². The minimum Gasteiger partial charge on any atom is -0.356 e. The number of amidine groups is 1. The summed E-state index contributed by atoms with van der Waals surface area (Å²) in [4.78, 5) is 31.1. The second kappa shape index (κ2) is 9.33. The molecule has 0 radical (unpaired) electrons. The molecule has 3 aromatic rings.